The molecule has 1 aliphatic heterocycles. The Balaban J connectivity index is 1.59. The quantitative estimate of drug-likeness (QED) is 0.840. The van der Waals surface area contributed by atoms with E-state index in [1.807, 2.05) is 12.1 Å². The van der Waals surface area contributed by atoms with E-state index in [2.05, 4.69) is 23.2 Å². The Kier molecular flexibility index (Phi) is 5.64. The lowest BCUT2D eigenvalue weighted by molar-refractivity contribution is 0.101. The van der Waals surface area contributed by atoms with Crippen molar-refractivity contribution in [3.8, 4) is 5.75 Å². The number of rotatable bonds is 4. The Hall–Kier alpha value is -3.02. The van der Waals surface area contributed by atoms with Gasteiger partial charge in [-0.2, -0.15) is 0 Å². The van der Waals surface area contributed by atoms with E-state index in [0.29, 0.717) is 24.3 Å². The summed E-state index contributed by atoms with van der Waals surface area (Å²) in [6.45, 7) is 6.34. The van der Waals surface area contributed by atoms with Crippen molar-refractivity contribution in [2.75, 3.05) is 43.5 Å². The smallest absolute Gasteiger partial charge is 0.321 e. The first-order chi connectivity index (χ1) is 13.0. The van der Waals surface area contributed by atoms with Crippen LogP contribution in [0, 0.1) is 6.92 Å². The molecule has 6 heteroatoms. The number of ether oxygens (including phenoxy) is 1. The predicted octanol–water partition coefficient (Wildman–Crippen LogP) is 3.56. The molecule has 0 aromatic heterocycles. The van der Waals surface area contributed by atoms with Crippen molar-refractivity contribution in [3.63, 3.8) is 0 Å². The molecule has 6 nitrogen and oxygen atoms in total. The molecule has 1 N–H and O–H groups in total. The predicted molar refractivity (Wildman–Crippen MR) is 107 cm³/mol. The van der Waals surface area contributed by atoms with E-state index in [4.69, 9.17) is 4.74 Å². The van der Waals surface area contributed by atoms with Crippen LogP contribution in [0.3, 0.4) is 0 Å². The largest absolute Gasteiger partial charge is 0.495 e. The number of benzene rings is 2. The van der Waals surface area contributed by atoms with Crippen LogP contribution in [0.2, 0.25) is 0 Å². The zero-order valence-electron chi connectivity index (χ0n) is 16.0. The van der Waals surface area contributed by atoms with Gasteiger partial charge >= 0.3 is 6.03 Å². The van der Waals surface area contributed by atoms with Crippen molar-refractivity contribution in [1.82, 2.24) is 4.90 Å². The Bertz CT molecular complexity index is 825. The van der Waals surface area contributed by atoms with Crippen LogP contribution in [0.5, 0.6) is 5.75 Å². The number of carbonyl (C=O) groups is 2. The molecule has 0 spiro atoms. The molecule has 3 rings (SSSR count). The topological polar surface area (TPSA) is 61.9 Å². The van der Waals surface area contributed by atoms with E-state index in [0.717, 1.165) is 24.5 Å². The van der Waals surface area contributed by atoms with Crippen LogP contribution in [0.4, 0.5) is 16.2 Å². The summed E-state index contributed by atoms with van der Waals surface area (Å²) >= 11 is 0. The molecule has 1 fully saturated rings. The minimum absolute atomic E-state index is 0.00979. The number of piperazine rings is 1. The van der Waals surface area contributed by atoms with Crippen LogP contribution >= 0.6 is 0 Å². The zero-order valence-corrected chi connectivity index (χ0v) is 16.0. The zero-order chi connectivity index (χ0) is 19.4. The highest BCUT2D eigenvalue weighted by Gasteiger charge is 2.23. The third-order valence-corrected chi connectivity index (χ3v) is 4.78. The molecule has 0 bridgehead atoms. The monoisotopic (exact) mass is 367 g/mol. The van der Waals surface area contributed by atoms with Crippen LogP contribution in [-0.4, -0.2) is 50.0 Å². The fourth-order valence-corrected chi connectivity index (χ4v) is 3.19. The van der Waals surface area contributed by atoms with Gasteiger partial charge in [0.25, 0.3) is 0 Å². The number of ketones is 1. The molecular weight excluding hydrogens is 342 g/mol. The van der Waals surface area contributed by atoms with E-state index in [9.17, 15) is 9.59 Å². The van der Waals surface area contributed by atoms with E-state index in [-0.39, 0.29) is 11.8 Å². The summed E-state index contributed by atoms with van der Waals surface area (Å²) in [4.78, 5) is 27.9. The molecule has 1 aliphatic rings. The van der Waals surface area contributed by atoms with Gasteiger partial charge in [-0.05, 0) is 55.8 Å². The lowest BCUT2D eigenvalue weighted by atomic mass is 10.1. The van der Waals surface area contributed by atoms with Gasteiger partial charge < -0.3 is 19.9 Å². The highest BCUT2D eigenvalue weighted by atomic mass is 16.5. The summed E-state index contributed by atoms with van der Waals surface area (Å²) < 4.78 is 5.47. The number of Topliss-reactive ketones (excluding diaryl/α,β-unsaturated/α-hetero) is 1. The maximum atomic E-state index is 12.5. The van der Waals surface area contributed by atoms with Gasteiger partial charge in [0.15, 0.2) is 5.78 Å². The second kappa shape index (κ2) is 8.12. The molecular formula is C21H25N3O3. The minimum Gasteiger partial charge on any atom is -0.495 e. The molecule has 0 atom stereocenters. The Morgan fingerprint density at radius 2 is 1.67 bits per heavy atom. The van der Waals surface area contributed by atoms with Crippen LogP contribution in [0.25, 0.3) is 0 Å². The summed E-state index contributed by atoms with van der Waals surface area (Å²) in [5.74, 6) is 0.861. The van der Waals surface area contributed by atoms with Gasteiger partial charge in [0.05, 0.1) is 12.8 Å². The summed E-state index contributed by atoms with van der Waals surface area (Å²) in [5, 5.41) is 2.90. The van der Waals surface area contributed by atoms with Crippen LogP contribution < -0.4 is 15.0 Å². The molecule has 2 amide bonds. The Morgan fingerprint density at radius 1 is 1.00 bits per heavy atom. The number of nitrogens with one attached hydrogen (secondary N) is 1. The summed E-state index contributed by atoms with van der Waals surface area (Å²) in [6, 6.07) is 13.0. The summed E-state index contributed by atoms with van der Waals surface area (Å²) in [7, 11) is 1.68. The molecule has 142 valence electrons. The van der Waals surface area contributed by atoms with Gasteiger partial charge in [-0.25, -0.2) is 4.79 Å². The fourth-order valence-electron chi connectivity index (χ4n) is 3.19. The highest BCUT2D eigenvalue weighted by Crippen LogP contribution is 2.30. The van der Waals surface area contributed by atoms with Crippen molar-refractivity contribution in [2.45, 2.75) is 13.8 Å². The number of methoxy groups -OCH3 is 1. The number of nitrogens with zero attached hydrogens (tertiary/aromatic N) is 2. The number of aryl methyl sites for hydroxylation is 1. The second-order valence-corrected chi connectivity index (χ2v) is 6.71. The minimum atomic E-state index is -0.124. The van der Waals surface area contributed by atoms with Crippen molar-refractivity contribution in [2.24, 2.45) is 0 Å². The van der Waals surface area contributed by atoms with E-state index in [1.54, 1.807) is 36.3 Å². The Labute approximate surface area is 159 Å². The van der Waals surface area contributed by atoms with E-state index < -0.39 is 0 Å². The van der Waals surface area contributed by atoms with Crippen LogP contribution in [0.15, 0.2) is 42.5 Å². The molecule has 2 aromatic rings. The van der Waals surface area contributed by atoms with Crippen molar-refractivity contribution in [1.29, 1.82) is 0 Å². The number of amides is 2. The van der Waals surface area contributed by atoms with Crippen molar-refractivity contribution in [3.05, 3.63) is 53.6 Å². The van der Waals surface area contributed by atoms with Crippen LogP contribution in [0.1, 0.15) is 22.8 Å². The number of hydrogen-bond donors (Lipinski definition) is 1. The molecule has 0 saturated carbocycles. The van der Waals surface area contributed by atoms with E-state index >= 15 is 0 Å². The molecule has 0 unspecified atom stereocenters. The first kappa shape index (κ1) is 18.8. The maximum Gasteiger partial charge on any atom is 0.321 e. The van der Waals surface area contributed by atoms with Crippen LogP contribution in [-0.2, 0) is 0 Å². The third kappa shape index (κ3) is 4.39. The SMILES string of the molecule is COc1ccc(C)cc1N1CCN(C(=O)Nc2ccc(C(C)=O)cc2)CC1. The van der Waals surface area contributed by atoms with E-state index in [1.165, 1.54) is 12.5 Å². The van der Waals surface area contributed by atoms with Gasteiger partial charge in [-0.3, -0.25) is 4.79 Å². The number of carbonyl (C=O) groups excluding carboxylic acids is 2. The maximum absolute atomic E-state index is 12.5. The van der Waals surface area contributed by atoms with Gasteiger partial charge in [0, 0.05) is 37.4 Å². The summed E-state index contributed by atoms with van der Waals surface area (Å²) in [6.07, 6.45) is 0. The molecule has 27 heavy (non-hydrogen) atoms. The van der Waals surface area contributed by atoms with Gasteiger partial charge in [-0.15, -0.1) is 0 Å². The van der Waals surface area contributed by atoms with Gasteiger partial charge in [0.1, 0.15) is 5.75 Å². The number of anilines is 2. The lowest BCUT2D eigenvalue weighted by Crippen LogP contribution is -2.50. The summed E-state index contributed by atoms with van der Waals surface area (Å²) in [5.41, 5.74) is 3.57. The molecule has 1 heterocycles. The number of hydrogen-bond acceptors (Lipinski definition) is 4. The molecule has 0 radical (unpaired) electrons. The first-order valence-electron chi connectivity index (χ1n) is 9.04. The normalized spacial score (nSPS) is 14.0. The molecule has 0 aliphatic carbocycles. The van der Waals surface area contributed by atoms with Crippen molar-refractivity contribution < 1.29 is 14.3 Å². The number of urea groups is 1. The molecule has 2 aromatic carbocycles. The van der Waals surface area contributed by atoms with Gasteiger partial charge in [0.2, 0.25) is 0 Å². The average molecular weight is 367 g/mol. The molecule has 1 saturated heterocycles. The first-order valence-corrected chi connectivity index (χ1v) is 9.04. The standard InChI is InChI=1S/C21H25N3O3/c1-15-4-9-20(27-3)19(14-15)23-10-12-24(13-11-23)21(26)22-18-7-5-17(6-8-18)16(2)25/h4-9,14H,10-13H2,1-3H3,(H,22,26). The average Bonchev–Trinajstić information content (AvgIpc) is 2.68. The third-order valence-electron chi connectivity index (χ3n) is 4.78. The van der Waals surface area contributed by atoms with Crippen molar-refractivity contribution >= 4 is 23.2 Å². The Morgan fingerprint density at radius 3 is 2.26 bits per heavy atom. The fraction of sp³-hybridized carbons (Fsp3) is 0.333. The van der Waals surface area contributed by atoms with Gasteiger partial charge in [-0.1, -0.05) is 6.07 Å². The lowest BCUT2D eigenvalue weighted by Gasteiger charge is -2.36. The highest BCUT2D eigenvalue weighted by molar-refractivity contribution is 5.95. The second-order valence-electron chi connectivity index (χ2n) is 6.71.